The van der Waals surface area contributed by atoms with Gasteiger partial charge in [0.15, 0.2) is 0 Å². The normalized spacial score (nSPS) is 14.0. The molecule has 2 heterocycles. The van der Waals surface area contributed by atoms with Crippen LogP contribution in [0.1, 0.15) is 34.3 Å². The van der Waals surface area contributed by atoms with Gasteiger partial charge in [-0.05, 0) is 49.6 Å². The van der Waals surface area contributed by atoms with E-state index in [-0.39, 0.29) is 11.7 Å². The molecule has 1 aromatic carbocycles. The number of carbonyl (C=O) groups excluding carboxylic acids is 1. The molecule has 1 saturated heterocycles. The van der Waals surface area contributed by atoms with Gasteiger partial charge in [0, 0.05) is 25.8 Å². The predicted molar refractivity (Wildman–Crippen MR) is 89.7 cm³/mol. The van der Waals surface area contributed by atoms with Gasteiger partial charge in [0.05, 0.1) is 5.56 Å². The summed E-state index contributed by atoms with van der Waals surface area (Å²) in [6, 6.07) is 8.92. The average molecular weight is 311 g/mol. The largest absolute Gasteiger partial charge is 0.507 e. The number of rotatable bonds is 4. The first kappa shape index (κ1) is 15.3. The molecule has 3 rings (SSSR count). The molecule has 1 aliphatic heterocycles. The molecule has 0 spiro atoms. The third-order valence-electron chi connectivity index (χ3n) is 4.09. The zero-order valence-corrected chi connectivity index (χ0v) is 13.2. The maximum absolute atomic E-state index is 12.2. The topological polar surface area (TPSA) is 65.5 Å². The number of carbonyl (C=O) groups is 1. The molecule has 1 fully saturated rings. The number of benzene rings is 1. The minimum absolute atomic E-state index is 0.000541. The van der Waals surface area contributed by atoms with Crippen LogP contribution in [0, 0.1) is 6.92 Å². The fourth-order valence-corrected chi connectivity index (χ4v) is 2.80. The summed E-state index contributed by atoms with van der Waals surface area (Å²) >= 11 is 0. The lowest BCUT2D eigenvalue weighted by Crippen LogP contribution is -2.24. The van der Waals surface area contributed by atoms with Gasteiger partial charge in [-0.1, -0.05) is 11.6 Å². The summed E-state index contributed by atoms with van der Waals surface area (Å²) in [6.45, 7) is 4.39. The van der Waals surface area contributed by atoms with Crippen molar-refractivity contribution in [3.05, 3.63) is 53.2 Å². The molecule has 0 saturated carbocycles. The molecule has 1 aliphatic rings. The van der Waals surface area contributed by atoms with Gasteiger partial charge in [0.25, 0.3) is 5.91 Å². The second kappa shape index (κ2) is 6.69. The highest BCUT2D eigenvalue weighted by Gasteiger charge is 2.14. The van der Waals surface area contributed by atoms with Gasteiger partial charge in [-0.15, -0.1) is 0 Å². The van der Waals surface area contributed by atoms with E-state index in [4.69, 9.17) is 0 Å². The second-order valence-corrected chi connectivity index (χ2v) is 5.92. The van der Waals surface area contributed by atoms with E-state index in [1.165, 1.54) is 12.8 Å². The second-order valence-electron chi connectivity index (χ2n) is 5.92. The number of amides is 1. The Morgan fingerprint density at radius 1 is 1.26 bits per heavy atom. The standard InChI is InChI=1S/C18H21N3O2/c1-13-4-5-16(22)15(10-13)18(23)20-12-14-6-7-19-17(11-14)21-8-2-3-9-21/h4-7,10-11,22H,2-3,8-9,12H2,1H3,(H,20,23). The molecule has 120 valence electrons. The molecule has 2 aromatic rings. The number of nitrogens with one attached hydrogen (secondary N) is 1. The van der Waals surface area contributed by atoms with Crippen molar-refractivity contribution in [2.75, 3.05) is 18.0 Å². The Kier molecular flexibility index (Phi) is 4.46. The molecule has 0 bridgehead atoms. The average Bonchev–Trinajstić information content (AvgIpc) is 3.10. The first-order chi connectivity index (χ1) is 11.1. The monoisotopic (exact) mass is 311 g/mol. The SMILES string of the molecule is Cc1ccc(O)c(C(=O)NCc2ccnc(N3CCCC3)c2)c1. The molecule has 0 unspecified atom stereocenters. The van der Waals surface area contributed by atoms with Crippen LogP contribution in [0.3, 0.4) is 0 Å². The summed E-state index contributed by atoms with van der Waals surface area (Å²) in [5.41, 5.74) is 2.24. The van der Waals surface area contributed by atoms with Gasteiger partial charge in [-0.2, -0.15) is 0 Å². The van der Waals surface area contributed by atoms with Crippen LogP contribution in [0.15, 0.2) is 36.5 Å². The predicted octanol–water partition coefficient (Wildman–Crippen LogP) is 2.63. The first-order valence-corrected chi connectivity index (χ1v) is 7.91. The molecular formula is C18H21N3O2. The van der Waals surface area contributed by atoms with Crippen LogP contribution in [0.2, 0.25) is 0 Å². The van der Waals surface area contributed by atoms with Crippen molar-refractivity contribution >= 4 is 11.7 Å². The Morgan fingerprint density at radius 3 is 2.83 bits per heavy atom. The lowest BCUT2D eigenvalue weighted by molar-refractivity contribution is 0.0948. The maximum Gasteiger partial charge on any atom is 0.255 e. The van der Waals surface area contributed by atoms with Crippen LogP contribution in [0.4, 0.5) is 5.82 Å². The van der Waals surface area contributed by atoms with Gasteiger partial charge in [-0.25, -0.2) is 4.98 Å². The minimum Gasteiger partial charge on any atom is -0.507 e. The number of pyridine rings is 1. The van der Waals surface area contributed by atoms with Crippen LogP contribution in [-0.2, 0) is 6.54 Å². The molecule has 0 aliphatic carbocycles. The Labute approximate surface area is 136 Å². The molecule has 2 N–H and O–H groups in total. The number of phenols is 1. The van der Waals surface area contributed by atoms with Crippen molar-refractivity contribution in [3.8, 4) is 5.75 Å². The lowest BCUT2D eigenvalue weighted by Gasteiger charge is -2.17. The Morgan fingerprint density at radius 2 is 2.04 bits per heavy atom. The number of nitrogens with zero attached hydrogens (tertiary/aromatic N) is 2. The van der Waals surface area contributed by atoms with E-state index in [0.717, 1.165) is 30.0 Å². The third-order valence-corrected chi connectivity index (χ3v) is 4.09. The van der Waals surface area contributed by atoms with Crippen molar-refractivity contribution in [3.63, 3.8) is 0 Å². The van der Waals surface area contributed by atoms with E-state index in [1.54, 1.807) is 24.4 Å². The number of hydrogen-bond acceptors (Lipinski definition) is 4. The van der Waals surface area contributed by atoms with Crippen LogP contribution in [-0.4, -0.2) is 29.1 Å². The number of aryl methyl sites for hydroxylation is 1. The van der Waals surface area contributed by atoms with Crippen molar-refractivity contribution in [2.24, 2.45) is 0 Å². The van der Waals surface area contributed by atoms with Gasteiger partial charge in [0.1, 0.15) is 11.6 Å². The Hall–Kier alpha value is -2.56. The van der Waals surface area contributed by atoms with Gasteiger partial charge >= 0.3 is 0 Å². The van der Waals surface area contributed by atoms with Crippen LogP contribution < -0.4 is 10.2 Å². The summed E-state index contributed by atoms with van der Waals surface area (Å²) in [6.07, 6.45) is 4.18. The van der Waals surface area contributed by atoms with E-state index >= 15 is 0 Å². The van der Waals surface area contributed by atoms with E-state index in [2.05, 4.69) is 15.2 Å². The lowest BCUT2D eigenvalue weighted by atomic mass is 10.1. The summed E-state index contributed by atoms with van der Waals surface area (Å²) in [5.74, 6) is 0.693. The molecule has 1 amide bonds. The van der Waals surface area contributed by atoms with E-state index in [9.17, 15) is 9.90 Å². The zero-order chi connectivity index (χ0) is 16.2. The number of phenolic OH excluding ortho intramolecular Hbond substituents is 1. The van der Waals surface area contributed by atoms with Gasteiger partial charge in [-0.3, -0.25) is 4.79 Å². The Balaban J connectivity index is 1.67. The maximum atomic E-state index is 12.2. The van der Waals surface area contributed by atoms with Crippen molar-refractivity contribution in [1.82, 2.24) is 10.3 Å². The van der Waals surface area contributed by atoms with Crippen LogP contribution >= 0.6 is 0 Å². The van der Waals surface area contributed by atoms with Crippen LogP contribution in [0.25, 0.3) is 0 Å². The fraction of sp³-hybridized carbons (Fsp3) is 0.333. The van der Waals surface area contributed by atoms with Gasteiger partial charge < -0.3 is 15.3 Å². The Bertz CT molecular complexity index is 709. The smallest absolute Gasteiger partial charge is 0.255 e. The molecule has 1 aromatic heterocycles. The zero-order valence-electron chi connectivity index (χ0n) is 13.2. The number of anilines is 1. The minimum atomic E-state index is -0.272. The quantitative estimate of drug-likeness (QED) is 0.911. The van der Waals surface area contributed by atoms with Crippen molar-refractivity contribution in [2.45, 2.75) is 26.3 Å². The highest BCUT2D eigenvalue weighted by molar-refractivity contribution is 5.96. The van der Waals surface area contributed by atoms with E-state index in [0.29, 0.717) is 12.1 Å². The summed E-state index contributed by atoms with van der Waals surface area (Å²) in [7, 11) is 0. The van der Waals surface area contributed by atoms with Crippen LogP contribution in [0.5, 0.6) is 5.75 Å². The molecule has 23 heavy (non-hydrogen) atoms. The highest BCUT2D eigenvalue weighted by atomic mass is 16.3. The first-order valence-electron chi connectivity index (χ1n) is 7.91. The highest BCUT2D eigenvalue weighted by Crippen LogP contribution is 2.20. The fourth-order valence-electron chi connectivity index (χ4n) is 2.80. The van der Waals surface area contributed by atoms with E-state index < -0.39 is 0 Å². The van der Waals surface area contributed by atoms with Crippen molar-refractivity contribution < 1.29 is 9.90 Å². The molecular weight excluding hydrogens is 290 g/mol. The number of aromatic hydroxyl groups is 1. The summed E-state index contributed by atoms with van der Waals surface area (Å²) in [5, 5.41) is 12.7. The molecule has 0 radical (unpaired) electrons. The number of hydrogen-bond donors (Lipinski definition) is 2. The van der Waals surface area contributed by atoms with E-state index in [1.807, 2.05) is 19.1 Å². The molecule has 0 atom stereocenters. The third kappa shape index (κ3) is 3.62. The van der Waals surface area contributed by atoms with Crippen molar-refractivity contribution in [1.29, 1.82) is 0 Å². The van der Waals surface area contributed by atoms with Gasteiger partial charge in [0.2, 0.25) is 0 Å². The molecule has 5 nitrogen and oxygen atoms in total. The summed E-state index contributed by atoms with van der Waals surface area (Å²) in [4.78, 5) is 18.9. The molecule has 5 heteroatoms. The number of aromatic nitrogens is 1. The summed E-state index contributed by atoms with van der Waals surface area (Å²) < 4.78 is 0.